The van der Waals surface area contributed by atoms with Gasteiger partial charge in [-0.3, -0.25) is 4.79 Å². The first-order chi connectivity index (χ1) is 9.54. The fraction of sp³-hybridized carbons (Fsp3) is 0.357. The van der Waals surface area contributed by atoms with Crippen molar-refractivity contribution >= 4 is 11.9 Å². The molecular weight excluding hydrogens is 260 g/mol. The molecule has 0 saturated carbocycles. The third kappa shape index (κ3) is 5.08. The summed E-state index contributed by atoms with van der Waals surface area (Å²) >= 11 is 0. The molecule has 6 nitrogen and oxygen atoms in total. The summed E-state index contributed by atoms with van der Waals surface area (Å²) in [6, 6.07) is 9.59. The summed E-state index contributed by atoms with van der Waals surface area (Å²) in [6.45, 7) is 1.42. The lowest BCUT2D eigenvalue weighted by Crippen LogP contribution is -2.47. The number of benzene rings is 1. The molecule has 0 bridgehead atoms. The minimum atomic E-state index is -1.14. The van der Waals surface area contributed by atoms with Crippen LogP contribution in [-0.4, -0.2) is 29.1 Å². The molecule has 0 aliphatic carbocycles. The Kier molecular flexibility index (Phi) is 6.20. The molecule has 1 rings (SSSR count). The van der Waals surface area contributed by atoms with Gasteiger partial charge in [-0.1, -0.05) is 30.3 Å². The Morgan fingerprint density at radius 1 is 1.40 bits per heavy atom. The number of carbonyl (C=O) groups excluding carboxylic acids is 2. The zero-order valence-electron chi connectivity index (χ0n) is 11.1. The van der Waals surface area contributed by atoms with Gasteiger partial charge in [-0.25, -0.2) is 4.79 Å². The zero-order chi connectivity index (χ0) is 15.0. The fourth-order valence-electron chi connectivity index (χ4n) is 1.55. The van der Waals surface area contributed by atoms with Crippen molar-refractivity contribution in [3.63, 3.8) is 0 Å². The fourth-order valence-corrected chi connectivity index (χ4v) is 1.55. The number of carbonyl (C=O) groups is 2. The third-order valence-corrected chi connectivity index (χ3v) is 2.57. The summed E-state index contributed by atoms with van der Waals surface area (Å²) in [5, 5.41) is 20.2. The van der Waals surface area contributed by atoms with E-state index in [4.69, 9.17) is 10.00 Å². The first-order valence-electron chi connectivity index (χ1n) is 6.09. The van der Waals surface area contributed by atoms with E-state index < -0.39 is 24.0 Å². The summed E-state index contributed by atoms with van der Waals surface area (Å²) < 4.78 is 4.94. The van der Waals surface area contributed by atoms with Gasteiger partial charge in [0.05, 0.1) is 18.6 Å². The number of aliphatic hydroxyl groups excluding tert-OH is 1. The van der Waals surface area contributed by atoms with E-state index in [2.05, 4.69) is 5.32 Å². The molecule has 0 aliphatic rings. The Labute approximate surface area is 117 Å². The minimum absolute atomic E-state index is 0.0612. The van der Waals surface area contributed by atoms with E-state index >= 15 is 0 Å². The normalized spacial score (nSPS) is 12.8. The second-order valence-electron chi connectivity index (χ2n) is 4.23. The Morgan fingerprint density at radius 2 is 2.05 bits per heavy atom. The molecule has 0 spiro atoms. The Balaban J connectivity index is 2.50. The second-order valence-corrected chi connectivity index (χ2v) is 4.23. The van der Waals surface area contributed by atoms with Crippen molar-refractivity contribution in [3.05, 3.63) is 35.9 Å². The van der Waals surface area contributed by atoms with Gasteiger partial charge in [-0.2, -0.15) is 5.26 Å². The van der Waals surface area contributed by atoms with Gasteiger partial charge in [0.2, 0.25) is 0 Å². The minimum Gasteiger partial charge on any atom is -0.445 e. The van der Waals surface area contributed by atoms with Gasteiger partial charge in [0.25, 0.3) is 0 Å². The molecule has 0 aliphatic heterocycles. The summed E-state index contributed by atoms with van der Waals surface area (Å²) in [5.74, 6) is -0.556. The van der Waals surface area contributed by atoms with E-state index in [1.165, 1.54) is 6.92 Å². The molecule has 1 amide bonds. The summed E-state index contributed by atoms with van der Waals surface area (Å²) in [7, 11) is 0. The van der Waals surface area contributed by atoms with E-state index in [0.29, 0.717) is 0 Å². The highest BCUT2D eigenvalue weighted by atomic mass is 16.5. The third-order valence-electron chi connectivity index (χ3n) is 2.57. The maximum atomic E-state index is 11.6. The largest absolute Gasteiger partial charge is 0.445 e. The van der Waals surface area contributed by atoms with Gasteiger partial charge in [0.1, 0.15) is 12.6 Å². The number of nitriles is 1. The van der Waals surface area contributed by atoms with Crippen LogP contribution in [0.3, 0.4) is 0 Å². The van der Waals surface area contributed by atoms with Crippen molar-refractivity contribution in [1.82, 2.24) is 5.32 Å². The monoisotopic (exact) mass is 276 g/mol. The van der Waals surface area contributed by atoms with Crippen molar-refractivity contribution in [3.8, 4) is 6.07 Å². The van der Waals surface area contributed by atoms with Crippen LogP contribution in [0.25, 0.3) is 0 Å². The predicted octanol–water partition coefficient (Wildman–Crippen LogP) is 1.14. The second kappa shape index (κ2) is 7.92. The van der Waals surface area contributed by atoms with Crippen molar-refractivity contribution in [2.75, 3.05) is 0 Å². The highest BCUT2D eigenvalue weighted by Crippen LogP contribution is 2.03. The number of aliphatic hydroxyl groups is 1. The van der Waals surface area contributed by atoms with E-state index in [1.807, 2.05) is 18.2 Å². The summed E-state index contributed by atoms with van der Waals surface area (Å²) in [5.41, 5.74) is 0.805. The predicted molar refractivity (Wildman–Crippen MR) is 70.5 cm³/mol. The maximum absolute atomic E-state index is 11.6. The summed E-state index contributed by atoms with van der Waals surface area (Å²) in [6.07, 6.45) is -2.29. The number of hydrogen-bond acceptors (Lipinski definition) is 5. The number of amides is 1. The quantitative estimate of drug-likeness (QED) is 0.811. The van der Waals surface area contributed by atoms with Crippen molar-refractivity contribution in [2.45, 2.75) is 32.1 Å². The molecular formula is C14H16N2O4. The smallest absolute Gasteiger partial charge is 0.408 e. The zero-order valence-corrected chi connectivity index (χ0v) is 11.1. The number of alkyl carbamates (subject to hydrolysis) is 1. The van der Waals surface area contributed by atoms with Crippen molar-refractivity contribution in [2.24, 2.45) is 0 Å². The average molecular weight is 276 g/mol. The van der Waals surface area contributed by atoms with Crippen LogP contribution in [0.4, 0.5) is 4.79 Å². The lowest BCUT2D eigenvalue weighted by molar-refractivity contribution is -0.122. The van der Waals surface area contributed by atoms with Crippen LogP contribution < -0.4 is 5.32 Å². The molecule has 0 aromatic heterocycles. The van der Waals surface area contributed by atoms with Gasteiger partial charge in [0, 0.05) is 0 Å². The van der Waals surface area contributed by atoms with Crippen molar-refractivity contribution in [1.29, 1.82) is 5.26 Å². The van der Waals surface area contributed by atoms with Crippen LogP contribution in [0.2, 0.25) is 0 Å². The van der Waals surface area contributed by atoms with Gasteiger partial charge in [0.15, 0.2) is 5.78 Å². The van der Waals surface area contributed by atoms with E-state index in [9.17, 15) is 14.7 Å². The van der Waals surface area contributed by atoms with Crippen LogP contribution in [0.15, 0.2) is 30.3 Å². The number of ketones is 1. The lowest BCUT2D eigenvalue weighted by atomic mass is 10.1. The number of hydrogen-bond donors (Lipinski definition) is 2. The van der Waals surface area contributed by atoms with Gasteiger partial charge in [-0.05, 0) is 12.5 Å². The topological polar surface area (TPSA) is 99.4 Å². The molecule has 2 atom stereocenters. The molecule has 1 aromatic rings. The lowest BCUT2D eigenvalue weighted by Gasteiger charge is -2.18. The van der Waals surface area contributed by atoms with E-state index in [1.54, 1.807) is 18.2 Å². The molecule has 6 heteroatoms. The van der Waals surface area contributed by atoms with Gasteiger partial charge < -0.3 is 15.2 Å². The highest BCUT2D eigenvalue weighted by molar-refractivity contribution is 5.89. The molecule has 20 heavy (non-hydrogen) atoms. The number of Topliss-reactive ketones (excluding diaryl/α,β-unsaturated/α-hetero) is 1. The first kappa shape index (κ1) is 15.7. The maximum Gasteiger partial charge on any atom is 0.408 e. The van der Waals surface area contributed by atoms with Crippen molar-refractivity contribution < 1.29 is 19.4 Å². The van der Waals surface area contributed by atoms with Crippen LogP contribution in [0.1, 0.15) is 18.9 Å². The van der Waals surface area contributed by atoms with Crippen LogP contribution in [0.5, 0.6) is 0 Å². The molecule has 2 N–H and O–H groups in total. The molecule has 0 radical (unpaired) electrons. The van der Waals surface area contributed by atoms with E-state index in [0.717, 1.165) is 5.56 Å². The van der Waals surface area contributed by atoms with Gasteiger partial charge in [-0.15, -0.1) is 0 Å². The number of nitrogens with one attached hydrogen (secondary N) is 1. The van der Waals surface area contributed by atoms with Crippen LogP contribution in [0, 0.1) is 11.3 Å². The Bertz CT molecular complexity index is 494. The highest BCUT2D eigenvalue weighted by Gasteiger charge is 2.25. The Hall–Kier alpha value is -2.39. The number of ether oxygens (including phenoxy) is 1. The average Bonchev–Trinajstić information content (AvgIpc) is 2.43. The molecule has 0 saturated heterocycles. The van der Waals surface area contributed by atoms with Crippen LogP contribution in [-0.2, 0) is 16.1 Å². The molecule has 106 valence electrons. The summed E-state index contributed by atoms with van der Waals surface area (Å²) in [4.78, 5) is 23.1. The molecule has 0 fully saturated rings. The van der Waals surface area contributed by atoms with E-state index in [-0.39, 0.29) is 13.0 Å². The number of nitrogens with zero attached hydrogens (tertiary/aromatic N) is 1. The van der Waals surface area contributed by atoms with Gasteiger partial charge >= 0.3 is 6.09 Å². The standard InChI is InChI=1S/C14H16N2O4/c1-10(17)13(12(18)7-8-15)16-14(19)20-9-11-5-3-2-4-6-11/h2-6,10,13,17H,7,9H2,1H3,(H,16,19)/t10-,13+/m1/s1. The van der Waals surface area contributed by atoms with Crippen LogP contribution >= 0.6 is 0 Å². The first-order valence-corrected chi connectivity index (χ1v) is 6.09. The SMILES string of the molecule is C[C@@H](O)[C@H](NC(=O)OCc1ccccc1)C(=O)CC#N. The Morgan fingerprint density at radius 3 is 2.60 bits per heavy atom. The number of rotatable bonds is 6. The molecule has 0 heterocycles. The molecule has 0 unspecified atom stereocenters. The molecule has 1 aromatic carbocycles.